The van der Waals surface area contributed by atoms with Gasteiger partial charge in [0.1, 0.15) is 12.2 Å². The second kappa shape index (κ2) is 10.3. The summed E-state index contributed by atoms with van der Waals surface area (Å²) < 4.78 is 17.6. The molecule has 1 saturated heterocycles. The Hall–Kier alpha value is -1.14. The molecule has 1 heterocycles. The van der Waals surface area contributed by atoms with Crippen molar-refractivity contribution in [2.75, 3.05) is 32.8 Å². The Kier molecular flexibility index (Phi) is 7.52. The number of nitrogens with zero attached hydrogens (tertiary/aromatic N) is 1. The molecule has 35 heavy (non-hydrogen) atoms. The third-order valence-corrected chi connectivity index (χ3v) is 11.0. The lowest BCUT2D eigenvalue weighted by Crippen LogP contribution is -2.58. The highest BCUT2D eigenvalue weighted by Crippen LogP contribution is 2.67. The van der Waals surface area contributed by atoms with Crippen LogP contribution in [0.3, 0.4) is 0 Å². The molecule has 1 aliphatic heterocycles. The number of hydrogen-bond acceptors (Lipinski definition) is 6. The highest BCUT2D eigenvalue weighted by atomic mass is 16.5. The molecule has 0 N–H and O–H groups in total. The summed E-state index contributed by atoms with van der Waals surface area (Å²) in [6, 6.07) is 0. The minimum atomic E-state index is -0.0449. The molecular formula is C29H47NO5. The van der Waals surface area contributed by atoms with Gasteiger partial charge in [0.15, 0.2) is 0 Å². The van der Waals surface area contributed by atoms with E-state index in [1.807, 2.05) is 13.8 Å². The first-order chi connectivity index (χ1) is 16.9. The van der Waals surface area contributed by atoms with E-state index < -0.39 is 0 Å². The first kappa shape index (κ1) is 25.5. The fourth-order valence-electron chi connectivity index (χ4n) is 9.25. The first-order valence-electron chi connectivity index (χ1n) is 14.6. The van der Waals surface area contributed by atoms with Crippen LogP contribution < -0.4 is 0 Å². The number of morpholine rings is 1. The topological polar surface area (TPSA) is 65.1 Å². The molecule has 3 unspecified atom stereocenters. The van der Waals surface area contributed by atoms with E-state index in [1.54, 1.807) is 0 Å². The molecule has 0 bridgehead atoms. The molecule has 0 aromatic heterocycles. The van der Waals surface area contributed by atoms with Crippen molar-refractivity contribution in [2.45, 2.75) is 104 Å². The molecule has 0 aromatic carbocycles. The fourth-order valence-corrected chi connectivity index (χ4v) is 9.25. The smallest absolute Gasteiger partial charge is 0.305 e. The van der Waals surface area contributed by atoms with E-state index in [-0.39, 0.29) is 29.6 Å². The predicted molar refractivity (Wildman–Crippen MR) is 134 cm³/mol. The zero-order valence-corrected chi connectivity index (χ0v) is 22.3. The number of rotatable bonds is 6. The van der Waals surface area contributed by atoms with E-state index in [9.17, 15) is 9.59 Å². The molecule has 8 atom stereocenters. The van der Waals surface area contributed by atoms with Gasteiger partial charge in [-0.2, -0.15) is 0 Å². The molecule has 5 aliphatic rings. The average molecular weight is 490 g/mol. The summed E-state index contributed by atoms with van der Waals surface area (Å²) >= 11 is 0. The molecular weight excluding hydrogens is 442 g/mol. The molecule has 5 rings (SSSR count). The first-order valence-corrected chi connectivity index (χ1v) is 14.6. The monoisotopic (exact) mass is 489 g/mol. The highest BCUT2D eigenvalue weighted by molar-refractivity contribution is 5.69. The average Bonchev–Trinajstić information content (AvgIpc) is 3.22. The van der Waals surface area contributed by atoms with Gasteiger partial charge in [-0.1, -0.05) is 20.8 Å². The van der Waals surface area contributed by atoms with Crippen molar-refractivity contribution in [2.24, 2.45) is 34.5 Å². The van der Waals surface area contributed by atoms with Crippen molar-refractivity contribution in [1.29, 1.82) is 0 Å². The molecule has 0 aromatic rings. The van der Waals surface area contributed by atoms with Gasteiger partial charge < -0.3 is 14.2 Å². The van der Waals surface area contributed by atoms with E-state index in [0.717, 1.165) is 63.9 Å². The van der Waals surface area contributed by atoms with Gasteiger partial charge in [0.2, 0.25) is 0 Å². The number of carbonyl (C=O) groups excluding carboxylic acids is 2. The van der Waals surface area contributed by atoms with Crippen LogP contribution in [0, 0.1) is 34.5 Å². The Morgan fingerprint density at radius 3 is 2.37 bits per heavy atom. The lowest BCUT2D eigenvalue weighted by molar-refractivity contribution is -0.175. The Labute approximate surface area is 211 Å². The van der Waals surface area contributed by atoms with Gasteiger partial charge >= 0.3 is 11.9 Å². The van der Waals surface area contributed by atoms with Crippen LogP contribution in [0.5, 0.6) is 0 Å². The third-order valence-electron chi connectivity index (χ3n) is 11.0. The number of esters is 2. The molecule has 0 amide bonds. The van der Waals surface area contributed by atoms with Crippen LogP contribution in [0.1, 0.15) is 91.4 Å². The molecule has 0 spiro atoms. The standard InChI is InChI=1S/C29H47NO5/c1-4-26(31)34-21-10-12-28(3)20(18-21)6-7-22-23(28)11-13-29(19-30-14-16-33-17-15-30)24(22)8-9-25(29)35-27(32)5-2/h20-25H,4-19H2,1-3H3/t20?,21?,22-,23+,24+,25?,28+,29-/m1/s1. The van der Waals surface area contributed by atoms with Gasteiger partial charge in [0, 0.05) is 37.9 Å². The quantitative estimate of drug-likeness (QED) is 0.490. The molecule has 198 valence electrons. The van der Waals surface area contributed by atoms with Gasteiger partial charge in [0.05, 0.1) is 13.2 Å². The van der Waals surface area contributed by atoms with Gasteiger partial charge in [-0.05, 0) is 86.9 Å². The van der Waals surface area contributed by atoms with Crippen LogP contribution in [0.15, 0.2) is 0 Å². The van der Waals surface area contributed by atoms with Crippen LogP contribution in [-0.4, -0.2) is 61.9 Å². The predicted octanol–water partition coefficient (Wildman–Crippen LogP) is 4.99. The second-order valence-corrected chi connectivity index (χ2v) is 12.5. The van der Waals surface area contributed by atoms with Gasteiger partial charge in [0.25, 0.3) is 0 Å². The van der Waals surface area contributed by atoms with Crippen LogP contribution >= 0.6 is 0 Å². The van der Waals surface area contributed by atoms with E-state index in [4.69, 9.17) is 14.2 Å². The maximum absolute atomic E-state index is 12.4. The van der Waals surface area contributed by atoms with E-state index in [1.165, 1.54) is 38.5 Å². The Morgan fingerprint density at radius 1 is 0.886 bits per heavy atom. The van der Waals surface area contributed by atoms with Crippen molar-refractivity contribution >= 4 is 11.9 Å². The van der Waals surface area contributed by atoms with Crippen LogP contribution in [0.2, 0.25) is 0 Å². The highest BCUT2D eigenvalue weighted by Gasteiger charge is 2.63. The maximum Gasteiger partial charge on any atom is 0.305 e. The van der Waals surface area contributed by atoms with Crippen molar-refractivity contribution in [3.63, 3.8) is 0 Å². The summed E-state index contributed by atoms with van der Waals surface area (Å²) in [6.07, 6.45) is 11.5. The SMILES string of the molecule is CCC(=O)OC1CC[C@@]2(C)C(CC[C@H]3[C@@H]4CCC(OC(=O)CC)[C@@]4(CN4CCOCC4)CC[C@@H]32)C1. The number of fused-ring (bicyclic) bond motifs is 5. The summed E-state index contributed by atoms with van der Waals surface area (Å²) in [5.74, 6) is 2.70. The summed E-state index contributed by atoms with van der Waals surface area (Å²) in [4.78, 5) is 27.0. The van der Waals surface area contributed by atoms with E-state index >= 15 is 0 Å². The summed E-state index contributed by atoms with van der Waals surface area (Å²) in [7, 11) is 0. The van der Waals surface area contributed by atoms with Gasteiger partial charge in [-0.15, -0.1) is 0 Å². The normalized spacial score (nSPS) is 43.5. The summed E-state index contributed by atoms with van der Waals surface area (Å²) in [5, 5.41) is 0. The number of carbonyl (C=O) groups is 2. The van der Waals surface area contributed by atoms with Crippen LogP contribution in [-0.2, 0) is 23.8 Å². The van der Waals surface area contributed by atoms with Crippen LogP contribution in [0.4, 0.5) is 0 Å². The molecule has 4 aliphatic carbocycles. The summed E-state index contributed by atoms with van der Waals surface area (Å²) in [5.41, 5.74) is 0.446. The largest absolute Gasteiger partial charge is 0.462 e. The van der Waals surface area contributed by atoms with Crippen molar-refractivity contribution in [3.05, 3.63) is 0 Å². The minimum absolute atomic E-state index is 0.0326. The summed E-state index contributed by atoms with van der Waals surface area (Å²) in [6.45, 7) is 11.0. The van der Waals surface area contributed by atoms with Gasteiger partial charge in [-0.3, -0.25) is 14.5 Å². The fraction of sp³-hybridized carbons (Fsp3) is 0.931. The van der Waals surface area contributed by atoms with E-state index in [0.29, 0.717) is 30.1 Å². The lowest BCUT2D eigenvalue weighted by atomic mass is 9.45. The maximum atomic E-state index is 12.4. The Balaban J connectivity index is 1.35. The van der Waals surface area contributed by atoms with Crippen LogP contribution in [0.25, 0.3) is 0 Å². The third kappa shape index (κ3) is 4.67. The zero-order valence-electron chi connectivity index (χ0n) is 22.3. The number of hydrogen-bond donors (Lipinski definition) is 0. The molecule has 5 fully saturated rings. The molecule has 6 nitrogen and oxygen atoms in total. The zero-order chi connectivity index (χ0) is 24.6. The minimum Gasteiger partial charge on any atom is -0.462 e. The van der Waals surface area contributed by atoms with E-state index in [2.05, 4.69) is 11.8 Å². The van der Waals surface area contributed by atoms with Crippen molar-refractivity contribution < 1.29 is 23.8 Å². The molecule has 4 saturated carbocycles. The Morgan fingerprint density at radius 2 is 1.63 bits per heavy atom. The van der Waals surface area contributed by atoms with Crippen molar-refractivity contribution in [1.82, 2.24) is 4.90 Å². The Bertz CT molecular complexity index is 781. The molecule has 0 radical (unpaired) electrons. The van der Waals surface area contributed by atoms with Gasteiger partial charge in [-0.25, -0.2) is 0 Å². The lowest BCUT2D eigenvalue weighted by Gasteiger charge is -2.61. The number of ether oxygens (including phenoxy) is 3. The molecule has 6 heteroatoms. The van der Waals surface area contributed by atoms with Crippen molar-refractivity contribution in [3.8, 4) is 0 Å². The second-order valence-electron chi connectivity index (χ2n) is 12.5.